The molecule has 2 aliphatic heterocycles. The van der Waals surface area contributed by atoms with Crippen molar-refractivity contribution in [3.05, 3.63) is 86.6 Å². The monoisotopic (exact) mass is 587 g/mol. The third kappa shape index (κ3) is 8.40. The second-order valence-corrected chi connectivity index (χ2v) is 11.4. The van der Waals surface area contributed by atoms with Crippen LogP contribution in [0.15, 0.2) is 59.6 Å². The fraction of sp³-hybridized carbons (Fsp3) is 0.367. The second kappa shape index (κ2) is 13.3. The van der Waals surface area contributed by atoms with Gasteiger partial charge in [-0.3, -0.25) is 9.59 Å². The summed E-state index contributed by atoms with van der Waals surface area (Å²) in [5.41, 5.74) is 3.86. The van der Waals surface area contributed by atoms with Gasteiger partial charge in [0.15, 0.2) is 0 Å². The van der Waals surface area contributed by atoms with Gasteiger partial charge in [-0.2, -0.15) is 13.2 Å². The third-order valence-corrected chi connectivity index (χ3v) is 7.96. The van der Waals surface area contributed by atoms with Crippen molar-refractivity contribution in [2.24, 2.45) is 4.99 Å². The lowest BCUT2D eigenvalue weighted by Gasteiger charge is -2.36. The number of alkyl halides is 3. The number of carbonyl (C=O) groups is 2. The maximum Gasteiger partial charge on any atom is 0.416 e. The van der Waals surface area contributed by atoms with Crippen LogP contribution in [0, 0.1) is 6.92 Å². The molecule has 218 valence electrons. The zero-order valence-electron chi connectivity index (χ0n) is 22.6. The molecule has 3 N–H and O–H groups in total. The Bertz CT molecular complexity index is 1390. The van der Waals surface area contributed by atoms with Gasteiger partial charge in [0.1, 0.15) is 5.84 Å². The van der Waals surface area contributed by atoms with Crippen molar-refractivity contribution in [2.45, 2.75) is 51.2 Å². The number of benzene rings is 2. The number of nitrogens with one attached hydrogen (secondary N) is 1. The maximum atomic E-state index is 12.8. The van der Waals surface area contributed by atoms with E-state index in [9.17, 15) is 22.8 Å². The summed E-state index contributed by atoms with van der Waals surface area (Å²) < 4.78 is 38.5. The van der Waals surface area contributed by atoms with E-state index < -0.39 is 23.7 Å². The number of carboxylic acids is 2. The molecule has 1 aromatic heterocycles. The van der Waals surface area contributed by atoms with Crippen LogP contribution in [0.25, 0.3) is 0 Å². The molecule has 0 unspecified atom stereocenters. The van der Waals surface area contributed by atoms with Gasteiger partial charge in [0, 0.05) is 47.4 Å². The molecule has 11 heteroatoms. The Kier molecular flexibility index (Phi) is 9.82. The lowest BCUT2D eigenvalue weighted by molar-refractivity contribution is -0.143. The number of nitrogens with zero attached hydrogens (tertiary/aromatic N) is 2. The first-order valence-corrected chi connectivity index (χ1v) is 14.2. The number of para-hydroxylation sites is 1. The molecule has 0 spiro atoms. The number of aryl methyl sites for hydroxylation is 2. The van der Waals surface area contributed by atoms with E-state index in [-0.39, 0.29) is 18.9 Å². The molecule has 1 fully saturated rings. The van der Waals surface area contributed by atoms with Crippen molar-refractivity contribution >= 4 is 34.8 Å². The first-order valence-electron chi connectivity index (χ1n) is 13.3. The molecule has 0 aliphatic carbocycles. The zero-order chi connectivity index (χ0) is 29.6. The first-order chi connectivity index (χ1) is 19.5. The van der Waals surface area contributed by atoms with Crippen molar-refractivity contribution < 1.29 is 33.0 Å². The van der Waals surface area contributed by atoms with E-state index in [0.29, 0.717) is 0 Å². The van der Waals surface area contributed by atoms with Gasteiger partial charge in [0.05, 0.1) is 24.1 Å². The van der Waals surface area contributed by atoms with Crippen LogP contribution in [0.5, 0.6) is 0 Å². The first kappa shape index (κ1) is 30.3. The normalized spacial score (nSPS) is 16.4. The molecule has 2 aromatic carbocycles. The van der Waals surface area contributed by atoms with Crippen molar-refractivity contribution in [3.8, 4) is 0 Å². The second-order valence-electron chi connectivity index (χ2n) is 10.1. The molecule has 0 bridgehead atoms. The van der Waals surface area contributed by atoms with Crippen molar-refractivity contribution in [2.75, 3.05) is 19.6 Å². The summed E-state index contributed by atoms with van der Waals surface area (Å²) in [6.07, 6.45) is -2.38. The summed E-state index contributed by atoms with van der Waals surface area (Å²) >= 11 is 1.84. The molecular weight excluding hydrogens is 555 g/mol. The summed E-state index contributed by atoms with van der Waals surface area (Å²) in [5, 5.41) is 19.4. The highest BCUT2D eigenvalue weighted by Crippen LogP contribution is 2.34. The molecule has 5 rings (SSSR count). The highest BCUT2D eigenvalue weighted by molar-refractivity contribution is 7.12. The number of hydrogen-bond donors (Lipinski definition) is 3. The number of fused-ring (bicyclic) bond motifs is 2. The molecule has 0 amide bonds. The fourth-order valence-electron chi connectivity index (χ4n) is 4.87. The van der Waals surface area contributed by atoms with Crippen LogP contribution in [0.2, 0.25) is 0 Å². The van der Waals surface area contributed by atoms with Gasteiger partial charge in [-0.05, 0) is 55.2 Å². The number of hydrogen-bond acceptors (Lipinski definition) is 6. The molecule has 3 heterocycles. The van der Waals surface area contributed by atoms with Crippen LogP contribution in [0.3, 0.4) is 0 Å². The molecule has 3 aromatic rings. The largest absolute Gasteiger partial charge is 0.481 e. The van der Waals surface area contributed by atoms with Gasteiger partial charge in [0.25, 0.3) is 0 Å². The van der Waals surface area contributed by atoms with Crippen LogP contribution >= 0.6 is 11.3 Å². The van der Waals surface area contributed by atoms with Gasteiger partial charge in [0.2, 0.25) is 0 Å². The van der Waals surface area contributed by atoms with Crippen molar-refractivity contribution in [1.82, 2.24) is 10.2 Å². The highest BCUT2D eigenvalue weighted by atomic mass is 32.1. The van der Waals surface area contributed by atoms with E-state index >= 15 is 0 Å². The average molecular weight is 588 g/mol. The summed E-state index contributed by atoms with van der Waals surface area (Å²) in [7, 11) is 0. The number of aliphatic carboxylic acids is 2. The number of amidine groups is 1. The molecular formula is C30H32F3N3O4S. The molecule has 41 heavy (non-hydrogen) atoms. The molecule has 7 nitrogen and oxygen atoms in total. The van der Waals surface area contributed by atoms with E-state index in [2.05, 4.69) is 41.4 Å². The van der Waals surface area contributed by atoms with E-state index in [1.807, 2.05) is 17.4 Å². The van der Waals surface area contributed by atoms with E-state index in [0.717, 1.165) is 56.0 Å². The maximum absolute atomic E-state index is 12.8. The number of thiophene rings is 1. The van der Waals surface area contributed by atoms with Crippen molar-refractivity contribution in [1.29, 1.82) is 0 Å². The quantitative estimate of drug-likeness (QED) is 0.332. The Morgan fingerprint density at radius 3 is 2.41 bits per heavy atom. The van der Waals surface area contributed by atoms with Gasteiger partial charge < -0.3 is 20.4 Å². The van der Waals surface area contributed by atoms with E-state index in [1.165, 1.54) is 33.0 Å². The number of carboxylic acid groups (broad SMARTS) is 2. The summed E-state index contributed by atoms with van der Waals surface area (Å²) in [6, 6.07) is 16.4. The SMILES string of the molecule is Cc1cc2c(s1)Cc1ccccc1N=C2N1CCN[C@@H](CCc2ccc(C(F)(F)F)cc2)C1.O=C(O)CCC(=O)O. The van der Waals surface area contributed by atoms with Crippen molar-refractivity contribution in [3.63, 3.8) is 0 Å². The predicted octanol–water partition coefficient (Wildman–Crippen LogP) is 5.90. The highest BCUT2D eigenvalue weighted by Gasteiger charge is 2.30. The lowest BCUT2D eigenvalue weighted by Crippen LogP contribution is -2.52. The molecule has 0 radical (unpaired) electrons. The lowest BCUT2D eigenvalue weighted by atomic mass is 10.0. The average Bonchev–Trinajstić information content (AvgIpc) is 3.22. The van der Waals surface area contributed by atoms with Crippen LogP contribution < -0.4 is 5.32 Å². The minimum absolute atomic E-state index is 0.255. The Morgan fingerprint density at radius 1 is 1.07 bits per heavy atom. The number of aliphatic imine (C=N–C) groups is 1. The van der Waals surface area contributed by atoms with Crippen LogP contribution in [-0.2, 0) is 28.6 Å². The topological polar surface area (TPSA) is 102 Å². The Morgan fingerprint density at radius 2 is 1.76 bits per heavy atom. The van der Waals surface area contributed by atoms with E-state index in [1.54, 1.807) is 12.1 Å². The van der Waals surface area contributed by atoms with Gasteiger partial charge in [-0.25, -0.2) is 4.99 Å². The molecule has 2 aliphatic rings. The standard InChI is InChI=1S/C26H26F3N3S.C4H6O4/c1-17-14-22-24(33-17)15-19-4-2-3-5-23(19)31-25(22)32-13-12-30-21(16-32)11-8-18-6-9-20(10-7-18)26(27,28)29;5-3(6)1-2-4(7)8/h2-7,9-10,14,21,30H,8,11-13,15-16H2,1H3;1-2H2,(H,5,6)(H,7,8)/t21-;/m0./s1. The van der Waals surface area contributed by atoms with Crippen LogP contribution in [-0.4, -0.2) is 58.6 Å². The van der Waals surface area contributed by atoms with Crippen LogP contribution in [0.4, 0.5) is 18.9 Å². The number of halogens is 3. The summed E-state index contributed by atoms with van der Waals surface area (Å²) in [5.74, 6) is -1.11. The molecule has 0 saturated carbocycles. The Balaban J connectivity index is 0.000000426. The zero-order valence-corrected chi connectivity index (χ0v) is 23.4. The summed E-state index contributed by atoms with van der Waals surface area (Å²) in [4.78, 5) is 29.4. The number of piperazine rings is 1. The Hall–Kier alpha value is -3.70. The fourth-order valence-corrected chi connectivity index (χ4v) is 5.92. The smallest absolute Gasteiger partial charge is 0.416 e. The minimum Gasteiger partial charge on any atom is -0.481 e. The molecule has 1 saturated heterocycles. The minimum atomic E-state index is -4.29. The van der Waals surface area contributed by atoms with Crippen LogP contribution in [0.1, 0.15) is 51.3 Å². The van der Waals surface area contributed by atoms with E-state index in [4.69, 9.17) is 15.2 Å². The van der Waals surface area contributed by atoms with Gasteiger partial charge >= 0.3 is 18.1 Å². The third-order valence-electron chi connectivity index (χ3n) is 6.91. The van der Waals surface area contributed by atoms with Gasteiger partial charge in [-0.15, -0.1) is 11.3 Å². The van der Waals surface area contributed by atoms with Gasteiger partial charge in [-0.1, -0.05) is 30.3 Å². The number of rotatable bonds is 6. The predicted molar refractivity (Wildman–Crippen MR) is 152 cm³/mol. The summed E-state index contributed by atoms with van der Waals surface area (Å²) in [6.45, 7) is 4.71. The Labute approximate surface area is 240 Å². The molecule has 1 atom stereocenters.